The van der Waals surface area contributed by atoms with Gasteiger partial charge in [0, 0.05) is 18.0 Å². The molecule has 110 valence electrons. The highest BCUT2D eigenvalue weighted by molar-refractivity contribution is 7.10. The van der Waals surface area contributed by atoms with Crippen LogP contribution >= 0.6 is 11.3 Å². The van der Waals surface area contributed by atoms with Crippen molar-refractivity contribution in [1.29, 1.82) is 0 Å². The van der Waals surface area contributed by atoms with Crippen molar-refractivity contribution in [3.8, 4) is 0 Å². The zero-order chi connectivity index (χ0) is 14.8. The summed E-state index contributed by atoms with van der Waals surface area (Å²) in [5.41, 5.74) is -0.698. The van der Waals surface area contributed by atoms with Gasteiger partial charge in [0.2, 0.25) is 0 Å². The molecule has 1 fully saturated rings. The minimum Gasteiger partial charge on any atom is -0.481 e. The lowest BCUT2D eigenvalue weighted by Gasteiger charge is -2.36. The first-order valence-electron chi connectivity index (χ1n) is 6.74. The van der Waals surface area contributed by atoms with Crippen molar-refractivity contribution in [1.82, 2.24) is 10.2 Å². The van der Waals surface area contributed by atoms with E-state index < -0.39 is 11.4 Å². The summed E-state index contributed by atoms with van der Waals surface area (Å²) >= 11 is 1.61. The van der Waals surface area contributed by atoms with E-state index in [0.29, 0.717) is 25.9 Å². The Morgan fingerprint density at radius 1 is 1.45 bits per heavy atom. The fourth-order valence-corrected chi connectivity index (χ4v) is 3.04. The number of nitrogens with one attached hydrogen (secondary N) is 1. The number of carbonyl (C=O) groups excluding carboxylic acids is 1. The van der Waals surface area contributed by atoms with Gasteiger partial charge in [-0.3, -0.25) is 4.79 Å². The standard InChI is InChI=1S/C14H20N2O3S/c1-10(11-4-3-9-20-11)15-13(19)16-7-5-14(2,6-8-16)12(17)18/h3-4,9-10H,5-8H2,1-2H3,(H,15,19)(H,17,18). The van der Waals surface area contributed by atoms with Gasteiger partial charge < -0.3 is 15.3 Å². The molecule has 0 aliphatic carbocycles. The molecule has 1 aliphatic rings. The van der Waals surface area contributed by atoms with Gasteiger partial charge in [0.25, 0.3) is 0 Å². The summed E-state index contributed by atoms with van der Waals surface area (Å²) in [5, 5.41) is 14.1. The highest BCUT2D eigenvalue weighted by Crippen LogP contribution is 2.31. The maximum absolute atomic E-state index is 12.2. The molecule has 1 aliphatic heterocycles. The maximum Gasteiger partial charge on any atom is 0.317 e. The number of hydrogen-bond acceptors (Lipinski definition) is 3. The number of thiophene rings is 1. The minimum absolute atomic E-state index is 0.0183. The van der Waals surface area contributed by atoms with Crippen molar-refractivity contribution in [3.63, 3.8) is 0 Å². The molecule has 2 heterocycles. The molecule has 1 unspecified atom stereocenters. The van der Waals surface area contributed by atoms with Gasteiger partial charge in [0.1, 0.15) is 0 Å². The van der Waals surface area contributed by atoms with E-state index in [0.717, 1.165) is 4.88 Å². The number of rotatable bonds is 3. The van der Waals surface area contributed by atoms with Crippen LogP contribution in [0.4, 0.5) is 4.79 Å². The average molecular weight is 296 g/mol. The number of carboxylic acid groups (broad SMARTS) is 1. The highest BCUT2D eigenvalue weighted by Gasteiger charge is 2.38. The lowest BCUT2D eigenvalue weighted by atomic mass is 9.80. The third-order valence-electron chi connectivity index (χ3n) is 3.98. The van der Waals surface area contributed by atoms with Crippen LogP contribution in [0.3, 0.4) is 0 Å². The lowest BCUT2D eigenvalue weighted by Crippen LogP contribution is -2.49. The second-order valence-electron chi connectivity index (χ2n) is 5.54. The number of piperidine rings is 1. The molecule has 0 aromatic carbocycles. The molecule has 0 bridgehead atoms. The largest absolute Gasteiger partial charge is 0.481 e. The Kier molecular flexibility index (Phi) is 4.32. The molecule has 2 amide bonds. The van der Waals surface area contributed by atoms with Gasteiger partial charge in [-0.1, -0.05) is 6.07 Å². The summed E-state index contributed by atoms with van der Waals surface area (Å²) in [6, 6.07) is 3.82. The van der Waals surface area contributed by atoms with E-state index in [1.165, 1.54) is 0 Å². The van der Waals surface area contributed by atoms with Gasteiger partial charge >= 0.3 is 12.0 Å². The normalized spacial score (nSPS) is 19.4. The molecule has 2 N–H and O–H groups in total. The van der Waals surface area contributed by atoms with Gasteiger partial charge in [-0.05, 0) is 38.1 Å². The number of aliphatic carboxylic acids is 1. The van der Waals surface area contributed by atoms with Crippen LogP contribution in [0.1, 0.15) is 37.6 Å². The van der Waals surface area contributed by atoms with Crippen LogP contribution in [-0.2, 0) is 4.79 Å². The van der Waals surface area contributed by atoms with E-state index in [2.05, 4.69) is 5.32 Å². The Morgan fingerprint density at radius 2 is 2.10 bits per heavy atom. The molecular weight excluding hydrogens is 276 g/mol. The number of urea groups is 1. The Labute approximate surface area is 122 Å². The molecule has 5 nitrogen and oxygen atoms in total. The van der Waals surface area contributed by atoms with Crippen molar-refractivity contribution < 1.29 is 14.7 Å². The van der Waals surface area contributed by atoms with Crippen molar-refractivity contribution in [2.24, 2.45) is 5.41 Å². The Morgan fingerprint density at radius 3 is 2.60 bits per heavy atom. The predicted molar refractivity (Wildman–Crippen MR) is 77.8 cm³/mol. The summed E-state index contributed by atoms with van der Waals surface area (Å²) in [7, 11) is 0. The molecule has 20 heavy (non-hydrogen) atoms. The number of carbonyl (C=O) groups is 2. The number of amides is 2. The van der Waals surface area contributed by atoms with Crippen LogP contribution in [0.2, 0.25) is 0 Å². The summed E-state index contributed by atoms with van der Waals surface area (Å²) in [6.45, 7) is 4.69. The number of carboxylic acids is 1. The zero-order valence-corrected chi connectivity index (χ0v) is 12.6. The van der Waals surface area contributed by atoms with Crippen LogP contribution in [-0.4, -0.2) is 35.1 Å². The Hall–Kier alpha value is -1.56. The van der Waals surface area contributed by atoms with E-state index in [9.17, 15) is 14.7 Å². The third-order valence-corrected chi connectivity index (χ3v) is 5.04. The first kappa shape index (κ1) is 14.8. The van der Waals surface area contributed by atoms with Crippen LogP contribution in [0, 0.1) is 5.41 Å². The molecule has 1 aromatic rings. The summed E-state index contributed by atoms with van der Waals surface area (Å²) in [5.74, 6) is -0.774. The van der Waals surface area contributed by atoms with Gasteiger partial charge in [0.15, 0.2) is 0 Å². The molecule has 1 saturated heterocycles. The van der Waals surface area contributed by atoms with Crippen LogP contribution in [0.25, 0.3) is 0 Å². The average Bonchev–Trinajstić information content (AvgIpc) is 2.93. The van der Waals surface area contributed by atoms with Crippen LogP contribution in [0.5, 0.6) is 0 Å². The Bertz CT molecular complexity index is 479. The van der Waals surface area contributed by atoms with Gasteiger partial charge in [-0.25, -0.2) is 4.79 Å². The molecule has 0 spiro atoms. The number of hydrogen-bond donors (Lipinski definition) is 2. The molecule has 6 heteroatoms. The molecule has 2 rings (SSSR count). The van der Waals surface area contributed by atoms with Crippen LogP contribution < -0.4 is 5.32 Å². The Balaban J connectivity index is 1.88. The SMILES string of the molecule is CC(NC(=O)N1CCC(C)(C(=O)O)CC1)c1cccs1. The first-order chi connectivity index (χ1) is 9.42. The van der Waals surface area contributed by atoms with E-state index in [1.54, 1.807) is 23.2 Å². The lowest BCUT2D eigenvalue weighted by molar-refractivity contribution is -0.150. The second kappa shape index (κ2) is 5.83. The number of likely N-dealkylation sites (tertiary alicyclic amines) is 1. The van der Waals surface area contributed by atoms with Gasteiger partial charge in [-0.2, -0.15) is 0 Å². The summed E-state index contributed by atoms with van der Waals surface area (Å²) < 4.78 is 0. The molecule has 1 atom stereocenters. The summed E-state index contributed by atoms with van der Waals surface area (Å²) in [6.07, 6.45) is 1.01. The second-order valence-corrected chi connectivity index (χ2v) is 6.52. The summed E-state index contributed by atoms with van der Waals surface area (Å²) in [4.78, 5) is 26.1. The smallest absolute Gasteiger partial charge is 0.317 e. The predicted octanol–water partition coefficient (Wildman–Crippen LogP) is 2.71. The van der Waals surface area contributed by atoms with E-state index >= 15 is 0 Å². The fraction of sp³-hybridized carbons (Fsp3) is 0.571. The number of nitrogens with zero attached hydrogens (tertiary/aromatic N) is 1. The monoisotopic (exact) mass is 296 g/mol. The fourth-order valence-electron chi connectivity index (χ4n) is 2.30. The minimum atomic E-state index is -0.774. The van der Waals surface area contributed by atoms with Crippen molar-refractivity contribution in [2.45, 2.75) is 32.7 Å². The van der Waals surface area contributed by atoms with E-state index in [1.807, 2.05) is 24.4 Å². The zero-order valence-electron chi connectivity index (χ0n) is 11.8. The van der Waals surface area contributed by atoms with Crippen molar-refractivity contribution >= 4 is 23.3 Å². The quantitative estimate of drug-likeness (QED) is 0.901. The topological polar surface area (TPSA) is 69.6 Å². The molecular formula is C14H20N2O3S. The van der Waals surface area contributed by atoms with Crippen molar-refractivity contribution in [3.05, 3.63) is 22.4 Å². The van der Waals surface area contributed by atoms with Crippen molar-refractivity contribution in [2.75, 3.05) is 13.1 Å². The van der Waals surface area contributed by atoms with Crippen LogP contribution in [0.15, 0.2) is 17.5 Å². The maximum atomic E-state index is 12.2. The molecule has 0 saturated carbocycles. The molecule has 1 aromatic heterocycles. The van der Waals surface area contributed by atoms with E-state index in [-0.39, 0.29) is 12.1 Å². The third kappa shape index (κ3) is 3.12. The molecule has 0 radical (unpaired) electrons. The first-order valence-corrected chi connectivity index (χ1v) is 7.62. The van der Waals surface area contributed by atoms with Gasteiger partial charge in [-0.15, -0.1) is 11.3 Å². The highest BCUT2D eigenvalue weighted by atomic mass is 32.1. The van der Waals surface area contributed by atoms with E-state index in [4.69, 9.17) is 0 Å². The van der Waals surface area contributed by atoms with Gasteiger partial charge in [0.05, 0.1) is 11.5 Å².